The fourth-order valence-corrected chi connectivity index (χ4v) is 7.13. The highest BCUT2D eigenvalue weighted by Crippen LogP contribution is 2.59. The number of unbranched alkanes of at least 4 members (excludes halogenated alkanes) is 2. The minimum absolute atomic E-state index is 0.151. The number of carbonyl (C=O) groups is 3. The van der Waals surface area contributed by atoms with Gasteiger partial charge in [-0.05, 0) is 56.6 Å². The number of para-hydroxylation sites is 1. The van der Waals surface area contributed by atoms with Crippen LogP contribution < -0.4 is 4.90 Å². The fourth-order valence-electron chi connectivity index (χ4n) is 6.81. The van der Waals surface area contributed by atoms with E-state index in [0.29, 0.717) is 30.0 Å². The minimum Gasteiger partial charge on any atom is -0.465 e. The maximum Gasteiger partial charge on any atom is 0.312 e. The number of aryl methyl sites for hydroxylation is 1. The van der Waals surface area contributed by atoms with Gasteiger partial charge in [0.1, 0.15) is 11.6 Å². The van der Waals surface area contributed by atoms with E-state index in [2.05, 4.69) is 13.2 Å². The highest BCUT2D eigenvalue weighted by molar-refractivity contribution is 6.34. The van der Waals surface area contributed by atoms with Gasteiger partial charge in [0.2, 0.25) is 5.91 Å². The molecular weight excluding hydrogens is 532 g/mol. The Morgan fingerprint density at radius 1 is 1.30 bits per heavy atom. The number of aliphatic hydroxyl groups excluding tert-OH is 1. The lowest BCUT2D eigenvalue weighted by atomic mass is 9.70. The molecule has 6 atom stereocenters. The average Bonchev–Trinajstić information content (AvgIpc) is 3.55. The number of amides is 2. The summed E-state index contributed by atoms with van der Waals surface area (Å²) < 4.78 is 12.2. The van der Waals surface area contributed by atoms with Crippen molar-refractivity contribution in [2.24, 2.45) is 17.8 Å². The van der Waals surface area contributed by atoms with Crippen LogP contribution in [0.1, 0.15) is 51.5 Å². The van der Waals surface area contributed by atoms with Crippen LogP contribution in [0.4, 0.5) is 5.69 Å². The number of carbonyl (C=O) groups excluding carboxylic acids is 3. The lowest BCUT2D eigenvalue weighted by Crippen LogP contribution is -2.60. The maximum atomic E-state index is 14.7. The Labute approximate surface area is 241 Å². The first kappa shape index (κ1) is 30.3. The van der Waals surface area contributed by atoms with E-state index in [1.54, 1.807) is 17.0 Å². The van der Waals surface area contributed by atoms with Crippen LogP contribution in [-0.4, -0.2) is 71.3 Å². The quantitative estimate of drug-likeness (QED) is 0.213. The molecule has 3 fully saturated rings. The Morgan fingerprint density at radius 2 is 2.05 bits per heavy atom. The largest absolute Gasteiger partial charge is 0.465 e. The van der Waals surface area contributed by atoms with Crippen molar-refractivity contribution in [2.75, 3.05) is 24.7 Å². The molecular formula is C31H41ClN2O6. The highest BCUT2D eigenvalue weighted by Gasteiger charge is 2.75. The third-order valence-corrected chi connectivity index (χ3v) is 8.95. The van der Waals surface area contributed by atoms with E-state index in [0.717, 1.165) is 18.4 Å². The van der Waals surface area contributed by atoms with Crippen molar-refractivity contribution < 1.29 is 29.0 Å². The Morgan fingerprint density at radius 3 is 2.67 bits per heavy atom. The molecule has 3 aliphatic heterocycles. The molecule has 1 aromatic carbocycles. The molecule has 8 nitrogen and oxygen atoms in total. The minimum atomic E-state index is -1.21. The number of hydrogen-bond donors (Lipinski definition) is 1. The zero-order valence-corrected chi connectivity index (χ0v) is 24.4. The highest BCUT2D eigenvalue weighted by atomic mass is 35.5. The SMILES string of the molecule is C=CCCCCOC(=O)[C@@H]1[C@H]2C(=O)N([C@@H](CO)C(C)C)C(C(=O)N(CC=C)c3c(C)cccc3Cl)C23CC[C@H]1O3. The van der Waals surface area contributed by atoms with E-state index >= 15 is 0 Å². The topological polar surface area (TPSA) is 96.4 Å². The molecule has 3 heterocycles. The molecule has 0 saturated carbocycles. The number of benzene rings is 1. The number of hydrogen-bond acceptors (Lipinski definition) is 6. The molecule has 0 aromatic heterocycles. The van der Waals surface area contributed by atoms with Crippen molar-refractivity contribution in [2.45, 2.75) is 76.7 Å². The smallest absolute Gasteiger partial charge is 0.312 e. The zero-order chi connectivity index (χ0) is 29.2. The van der Waals surface area contributed by atoms with Gasteiger partial charge in [-0.2, -0.15) is 0 Å². The Kier molecular flexibility index (Phi) is 9.43. The molecule has 2 amide bonds. The van der Waals surface area contributed by atoms with Gasteiger partial charge >= 0.3 is 5.97 Å². The number of ether oxygens (including phenoxy) is 2. The molecule has 9 heteroatoms. The average molecular weight is 573 g/mol. The summed E-state index contributed by atoms with van der Waals surface area (Å²) in [5.41, 5.74) is 0.126. The predicted octanol–water partition coefficient (Wildman–Crippen LogP) is 4.46. The fraction of sp³-hybridized carbons (Fsp3) is 0.581. The van der Waals surface area contributed by atoms with Crippen molar-refractivity contribution >= 4 is 35.1 Å². The van der Waals surface area contributed by atoms with Gasteiger partial charge in [-0.15, -0.1) is 13.2 Å². The van der Waals surface area contributed by atoms with Crippen molar-refractivity contribution in [3.63, 3.8) is 0 Å². The summed E-state index contributed by atoms with van der Waals surface area (Å²) in [6.07, 6.45) is 6.30. The summed E-state index contributed by atoms with van der Waals surface area (Å²) >= 11 is 6.60. The lowest BCUT2D eigenvalue weighted by Gasteiger charge is -2.40. The van der Waals surface area contributed by atoms with Gasteiger partial charge in [0.15, 0.2) is 0 Å². The molecule has 3 saturated heterocycles. The Bertz CT molecular complexity index is 1130. The van der Waals surface area contributed by atoms with Crippen molar-refractivity contribution in [1.82, 2.24) is 4.90 Å². The standard InChI is InChI=1S/C31H41ClN2O6/c1-6-8-9-10-17-39-30(38)24-23-14-15-31(40-23)25(24)28(36)34(22(18-35)19(3)4)27(31)29(37)33(16-7-2)26-20(5)12-11-13-21(26)32/h6-7,11-13,19,22-25,27,35H,1-2,8-10,14-18H2,3-5H3/t22-,23+,24-,25-,27?,31?/m0/s1. The number of anilines is 1. The number of nitrogens with zero attached hydrogens (tertiary/aromatic N) is 2. The van der Waals surface area contributed by atoms with Crippen LogP contribution in [0.5, 0.6) is 0 Å². The number of esters is 1. The monoisotopic (exact) mass is 572 g/mol. The number of rotatable bonds is 13. The Balaban J connectivity index is 1.75. The second kappa shape index (κ2) is 12.5. The lowest BCUT2D eigenvalue weighted by molar-refractivity contribution is -0.156. The zero-order valence-electron chi connectivity index (χ0n) is 23.7. The summed E-state index contributed by atoms with van der Waals surface area (Å²) in [5, 5.41) is 10.8. The first-order chi connectivity index (χ1) is 19.1. The number of halogens is 1. The second-order valence-corrected chi connectivity index (χ2v) is 11.8. The van der Waals surface area contributed by atoms with Gasteiger partial charge < -0.3 is 24.4 Å². The maximum absolute atomic E-state index is 14.7. The summed E-state index contributed by atoms with van der Waals surface area (Å²) in [4.78, 5) is 45.3. The summed E-state index contributed by atoms with van der Waals surface area (Å²) in [5.74, 6) is -3.01. The van der Waals surface area contributed by atoms with Crippen LogP contribution in [0.2, 0.25) is 5.02 Å². The third kappa shape index (κ3) is 5.10. The molecule has 4 rings (SSSR count). The molecule has 2 unspecified atom stereocenters. The molecule has 1 spiro atoms. The predicted molar refractivity (Wildman–Crippen MR) is 154 cm³/mol. The molecule has 40 heavy (non-hydrogen) atoms. The molecule has 2 bridgehead atoms. The summed E-state index contributed by atoms with van der Waals surface area (Å²) in [6.45, 7) is 13.3. The first-order valence-corrected chi connectivity index (χ1v) is 14.6. The molecule has 0 radical (unpaired) electrons. The number of likely N-dealkylation sites (tertiary alicyclic amines) is 1. The molecule has 1 aromatic rings. The van der Waals surface area contributed by atoms with Gasteiger partial charge in [-0.1, -0.05) is 49.7 Å². The van der Waals surface area contributed by atoms with E-state index in [9.17, 15) is 19.5 Å². The van der Waals surface area contributed by atoms with E-state index in [4.69, 9.17) is 21.1 Å². The third-order valence-electron chi connectivity index (χ3n) is 8.64. The molecule has 3 aliphatic rings. The van der Waals surface area contributed by atoms with Crippen LogP contribution in [-0.2, 0) is 23.9 Å². The van der Waals surface area contributed by atoms with Gasteiger partial charge in [-0.3, -0.25) is 14.4 Å². The van der Waals surface area contributed by atoms with E-state index in [1.807, 2.05) is 39.0 Å². The normalized spacial score (nSPS) is 27.6. The van der Waals surface area contributed by atoms with Crippen LogP contribution in [0, 0.1) is 24.7 Å². The van der Waals surface area contributed by atoms with Crippen LogP contribution in [0.15, 0.2) is 43.5 Å². The van der Waals surface area contributed by atoms with Gasteiger partial charge in [-0.25, -0.2) is 0 Å². The van der Waals surface area contributed by atoms with Crippen LogP contribution in [0.3, 0.4) is 0 Å². The van der Waals surface area contributed by atoms with Gasteiger partial charge in [0.25, 0.3) is 5.91 Å². The molecule has 1 N–H and O–H groups in total. The number of aliphatic hydroxyl groups is 1. The summed E-state index contributed by atoms with van der Waals surface area (Å²) in [6, 6.07) is 3.71. The van der Waals surface area contributed by atoms with Crippen molar-refractivity contribution in [3.05, 3.63) is 54.1 Å². The number of fused-ring (bicyclic) bond motifs is 1. The second-order valence-electron chi connectivity index (χ2n) is 11.4. The van der Waals surface area contributed by atoms with Gasteiger partial charge in [0, 0.05) is 6.54 Å². The Hall–Kier alpha value is -2.68. The number of allylic oxidation sites excluding steroid dienone is 1. The van der Waals surface area contributed by atoms with Crippen LogP contribution in [0.25, 0.3) is 0 Å². The van der Waals surface area contributed by atoms with Gasteiger partial charge in [0.05, 0.1) is 47.9 Å². The molecule has 218 valence electrons. The molecule has 0 aliphatic carbocycles. The van der Waals surface area contributed by atoms with E-state index in [-0.39, 0.29) is 37.5 Å². The summed E-state index contributed by atoms with van der Waals surface area (Å²) in [7, 11) is 0. The van der Waals surface area contributed by atoms with E-state index < -0.39 is 41.6 Å². The van der Waals surface area contributed by atoms with Crippen molar-refractivity contribution in [1.29, 1.82) is 0 Å². The first-order valence-electron chi connectivity index (χ1n) is 14.2. The van der Waals surface area contributed by atoms with Crippen LogP contribution >= 0.6 is 11.6 Å². The van der Waals surface area contributed by atoms with Crippen molar-refractivity contribution in [3.8, 4) is 0 Å². The van der Waals surface area contributed by atoms with E-state index in [1.165, 1.54) is 4.90 Å².